The molecule has 1 aliphatic carbocycles. The smallest absolute Gasteiger partial charge is 0.228 e. The fourth-order valence-electron chi connectivity index (χ4n) is 1.70. The van der Waals surface area contributed by atoms with Crippen LogP contribution in [0.1, 0.15) is 25.6 Å². The number of hydrogen-bond acceptors (Lipinski definition) is 8. The lowest BCUT2D eigenvalue weighted by molar-refractivity contribution is 0.971. The maximum Gasteiger partial charge on any atom is 0.228 e. The zero-order valence-electron chi connectivity index (χ0n) is 11.4. The normalized spacial score (nSPS) is 20.2. The Labute approximate surface area is 121 Å². The molecule has 1 fully saturated rings. The summed E-state index contributed by atoms with van der Waals surface area (Å²) in [5.41, 5.74) is 7.75. The van der Waals surface area contributed by atoms with Gasteiger partial charge in [-0.25, -0.2) is 0 Å². The predicted molar refractivity (Wildman–Crippen MR) is 81.6 cm³/mol. The molecule has 0 spiro atoms. The summed E-state index contributed by atoms with van der Waals surface area (Å²) in [5.74, 6) is 1.55. The fourth-order valence-corrected chi connectivity index (χ4v) is 2.49. The van der Waals surface area contributed by atoms with Gasteiger partial charge in [0.2, 0.25) is 11.9 Å². The van der Waals surface area contributed by atoms with Crippen LogP contribution < -0.4 is 21.7 Å². The van der Waals surface area contributed by atoms with Gasteiger partial charge in [-0.2, -0.15) is 15.0 Å². The average Bonchev–Trinajstić information content (AvgIpc) is 3.16. The lowest BCUT2D eigenvalue weighted by atomic mass is 10.4. The molecule has 5 N–H and O–H groups in total. The Bertz CT molecular complexity index is 591. The number of aromatic nitrogens is 3. The highest BCUT2D eigenvalue weighted by molar-refractivity contribution is 8.06. The number of allylic oxidation sites excluding steroid dienone is 1. The molecular weight excluding hydrogens is 274 g/mol. The highest BCUT2D eigenvalue weighted by Crippen LogP contribution is 2.29. The van der Waals surface area contributed by atoms with E-state index in [0.717, 1.165) is 23.6 Å². The molecule has 0 saturated heterocycles. The molecule has 20 heavy (non-hydrogen) atoms. The zero-order valence-corrected chi connectivity index (χ0v) is 12.2. The minimum absolute atomic E-state index is 0.477. The molecule has 7 nitrogen and oxygen atoms in total. The van der Waals surface area contributed by atoms with Gasteiger partial charge in [-0.1, -0.05) is 11.8 Å². The SMILES string of the molecule is CNc1nc(NC2CC2)nc(/C(N)=C2/NC(C)=CS2)n1. The summed E-state index contributed by atoms with van der Waals surface area (Å²) in [7, 11) is 1.78. The van der Waals surface area contributed by atoms with Crippen LogP contribution in [0.3, 0.4) is 0 Å². The lowest BCUT2D eigenvalue weighted by Crippen LogP contribution is -2.15. The molecule has 0 aromatic carbocycles. The second-order valence-corrected chi connectivity index (χ2v) is 5.64. The molecule has 0 unspecified atom stereocenters. The molecule has 8 heteroatoms. The third-order valence-corrected chi connectivity index (χ3v) is 3.95. The lowest BCUT2D eigenvalue weighted by Gasteiger charge is -2.10. The van der Waals surface area contributed by atoms with Gasteiger partial charge in [0, 0.05) is 18.8 Å². The molecule has 2 heterocycles. The van der Waals surface area contributed by atoms with Crippen molar-refractivity contribution in [2.45, 2.75) is 25.8 Å². The van der Waals surface area contributed by atoms with Crippen molar-refractivity contribution >= 4 is 29.4 Å². The first-order chi connectivity index (χ1) is 9.65. The van der Waals surface area contributed by atoms with E-state index in [-0.39, 0.29) is 0 Å². The van der Waals surface area contributed by atoms with Crippen molar-refractivity contribution in [3.63, 3.8) is 0 Å². The van der Waals surface area contributed by atoms with Crippen molar-refractivity contribution in [1.82, 2.24) is 20.3 Å². The quantitative estimate of drug-likeness (QED) is 0.658. The molecule has 0 atom stereocenters. The van der Waals surface area contributed by atoms with Gasteiger partial charge in [-0.05, 0) is 25.2 Å². The Morgan fingerprint density at radius 1 is 1.35 bits per heavy atom. The molecule has 1 saturated carbocycles. The fraction of sp³-hybridized carbons (Fsp3) is 0.417. The van der Waals surface area contributed by atoms with Crippen LogP contribution in [0.2, 0.25) is 0 Å². The second-order valence-electron chi connectivity index (χ2n) is 4.76. The van der Waals surface area contributed by atoms with Gasteiger partial charge in [-0.3, -0.25) is 0 Å². The first-order valence-electron chi connectivity index (χ1n) is 6.46. The van der Waals surface area contributed by atoms with E-state index in [1.165, 1.54) is 11.8 Å². The van der Waals surface area contributed by atoms with Gasteiger partial charge in [0.25, 0.3) is 0 Å². The van der Waals surface area contributed by atoms with Crippen molar-refractivity contribution in [3.8, 4) is 0 Å². The third-order valence-electron chi connectivity index (χ3n) is 2.92. The first kappa shape index (κ1) is 13.0. The van der Waals surface area contributed by atoms with Crippen molar-refractivity contribution in [3.05, 3.63) is 22.0 Å². The zero-order chi connectivity index (χ0) is 14.1. The summed E-state index contributed by atoms with van der Waals surface area (Å²) >= 11 is 1.54. The standard InChI is InChI=1S/C12H17N7S/c1-6-5-20-10(15-6)8(13)9-17-11(14-2)19-12(18-9)16-7-3-4-7/h5,7,15H,3-4,13H2,1-2H3,(H2,14,16,17,18,19)/b10-8+. The maximum atomic E-state index is 6.16. The van der Waals surface area contributed by atoms with E-state index in [1.54, 1.807) is 7.05 Å². The minimum Gasteiger partial charge on any atom is -0.394 e. The highest BCUT2D eigenvalue weighted by atomic mass is 32.2. The molecular formula is C12H17N7S. The number of nitrogens with one attached hydrogen (secondary N) is 3. The van der Waals surface area contributed by atoms with Gasteiger partial charge in [0.05, 0.1) is 0 Å². The van der Waals surface area contributed by atoms with E-state index in [9.17, 15) is 0 Å². The van der Waals surface area contributed by atoms with Crippen LogP contribution in [0.25, 0.3) is 5.70 Å². The number of nitrogens with zero attached hydrogens (tertiary/aromatic N) is 3. The molecule has 106 valence electrons. The van der Waals surface area contributed by atoms with Crippen LogP contribution in [0, 0.1) is 0 Å². The Balaban J connectivity index is 1.91. The molecule has 3 rings (SSSR count). The van der Waals surface area contributed by atoms with E-state index in [0.29, 0.717) is 29.5 Å². The van der Waals surface area contributed by atoms with Crippen LogP contribution in [0.5, 0.6) is 0 Å². The van der Waals surface area contributed by atoms with E-state index in [1.807, 2.05) is 12.3 Å². The van der Waals surface area contributed by atoms with E-state index in [4.69, 9.17) is 5.73 Å². The number of thioether (sulfide) groups is 1. The second kappa shape index (κ2) is 5.20. The van der Waals surface area contributed by atoms with Crippen LogP contribution in [-0.2, 0) is 0 Å². The molecule has 1 aliphatic heterocycles. The van der Waals surface area contributed by atoms with Gasteiger partial charge in [-0.15, -0.1) is 0 Å². The Kier molecular flexibility index (Phi) is 3.39. The summed E-state index contributed by atoms with van der Waals surface area (Å²) < 4.78 is 0. The summed E-state index contributed by atoms with van der Waals surface area (Å²) in [5, 5.41) is 12.3. The first-order valence-corrected chi connectivity index (χ1v) is 7.34. The molecule has 2 aliphatic rings. The monoisotopic (exact) mass is 291 g/mol. The van der Waals surface area contributed by atoms with Crippen LogP contribution in [0.4, 0.5) is 11.9 Å². The molecule has 1 aromatic rings. The van der Waals surface area contributed by atoms with Crippen molar-refractivity contribution in [1.29, 1.82) is 0 Å². The molecule has 0 amide bonds. The predicted octanol–water partition coefficient (Wildman–Crippen LogP) is 1.27. The van der Waals surface area contributed by atoms with Crippen LogP contribution in [0.15, 0.2) is 16.1 Å². The van der Waals surface area contributed by atoms with Crippen molar-refractivity contribution < 1.29 is 0 Å². The van der Waals surface area contributed by atoms with Crippen molar-refractivity contribution in [2.24, 2.45) is 5.73 Å². The van der Waals surface area contributed by atoms with E-state index in [2.05, 4.69) is 30.9 Å². The third kappa shape index (κ3) is 2.79. The van der Waals surface area contributed by atoms with E-state index < -0.39 is 0 Å². The van der Waals surface area contributed by atoms with Crippen LogP contribution in [-0.4, -0.2) is 28.0 Å². The minimum atomic E-state index is 0.477. The largest absolute Gasteiger partial charge is 0.394 e. The van der Waals surface area contributed by atoms with Gasteiger partial charge >= 0.3 is 0 Å². The van der Waals surface area contributed by atoms with Gasteiger partial charge in [0.15, 0.2) is 5.82 Å². The molecule has 1 aromatic heterocycles. The highest BCUT2D eigenvalue weighted by Gasteiger charge is 2.23. The maximum absolute atomic E-state index is 6.16. The summed E-state index contributed by atoms with van der Waals surface area (Å²) in [4.78, 5) is 13.0. The number of hydrogen-bond donors (Lipinski definition) is 4. The topological polar surface area (TPSA) is 101 Å². The van der Waals surface area contributed by atoms with Gasteiger partial charge in [0.1, 0.15) is 10.7 Å². The summed E-state index contributed by atoms with van der Waals surface area (Å²) in [6, 6.07) is 0.478. The number of nitrogens with two attached hydrogens (primary N) is 1. The Hall–Kier alpha value is -1.96. The summed E-state index contributed by atoms with van der Waals surface area (Å²) in [6.45, 7) is 1.99. The Morgan fingerprint density at radius 3 is 2.70 bits per heavy atom. The summed E-state index contributed by atoms with van der Waals surface area (Å²) in [6.07, 6.45) is 2.32. The number of anilines is 2. The average molecular weight is 291 g/mol. The van der Waals surface area contributed by atoms with E-state index >= 15 is 0 Å². The molecule has 0 bridgehead atoms. The van der Waals surface area contributed by atoms with Crippen LogP contribution >= 0.6 is 11.8 Å². The van der Waals surface area contributed by atoms with Gasteiger partial charge < -0.3 is 21.7 Å². The number of rotatable bonds is 4. The Morgan fingerprint density at radius 2 is 2.10 bits per heavy atom. The molecule has 0 radical (unpaired) electrons. The van der Waals surface area contributed by atoms with Crippen molar-refractivity contribution in [2.75, 3.05) is 17.7 Å².